The number of pyridine rings is 2. The number of benzene rings is 2. The van der Waals surface area contributed by atoms with Crippen LogP contribution >= 0.6 is 0 Å². The third-order valence-electron chi connectivity index (χ3n) is 6.51. The van der Waals surface area contributed by atoms with Crippen LogP contribution in [-0.4, -0.2) is 29.5 Å². The van der Waals surface area contributed by atoms with E-state index in [1.165, 1.54) is 0 Å². The van der Waals surface area contributed by atoms with Crippen molar-refractivity contribution < 1.29 is 0 Å². The van der Waals surface area contributed by atoms with E-state index in [-0.39, 0.29) is 0 Å². The molecule has 0 aliphatic heterocycles. The summed E-state index contributed by atoms with van der Waals surface area (Å²) < 4.78 is 3.21. The van der Waals surface area contributed by atoms with Crippen LogP contribution in [0, 0.1) is 17.9 Å². The van der Waals surface area contributed by atoms with Crippen LogP contribution in [0.1, 0.15) is 28.2 Å². The van der Waals surface area contributed by atoms with E-state index in [9.17, 15) is 5.26 Å². The van der Waals surface area contributed by atoms with Crippen molar-refractivity contribution >= 4 is 5.82 Å². The number of hydrogen-bond donors (Lipinski definition) is 0. The molecule has 0 spiro atoms. The molecule has 0 amide bonds. The van der Waals surface area contributed by atoms with Crippen molar-refractivity contribution in [2.24, 2.45) is 0 Å². The molecule has 0 aliphatic carbocycles. The molecular formula is C31H20N8. The van der Waals surface area contributed by atoms with Crippen LogP contribution in [-0.2, 0) is 5.41 Å². The Morgan fingerprint density at radius 3 is 1.67 bits per heavy atom. The Bertz CT molecular complexity index is 1700. The molecule has 0 bridgehead atoms. The summed E-state index contributed by atoms with van der Waals surface area (Å²) in [4.78, 5) is 13.6. The SMILES string of the molecule is [C-]#[N+]c1ccn(-c2cccc(C(c3ccccc3)(c3ccccc3)c3cccc(-n4ccc(C#N)n4)n3)n2)n1. The minimum absolute atomic E-state index is 0.296. The molecule has 6 rings (SSSR count). The second-order valence-electron chi connectivity index (χ2n) is 8.73. The van der Waals surface area contributed by atoms with Crippen molar-refractivity contribution in [2.45, 2.75) is 5.41 Å². The van der Waals surface area contributed by atoms with E-state index in [4.69, 9.17) is 16.5 Å². The third-order valence-corrected chi connectivity index (χ3v) is 6.51. The summed E-state index contributed by atoms with van der Waals surface area (Å²) in [5.74, 6) is 1.46. The molecule has 0 N–H and O–H groups in total. The molecule has 8 heteroatoms. The quantitative estimate of drug-likeness (QED) is 0.273. The average Bonchev–Trinajstić information content (AvgIpc) is 3.70. The Kier molecular flexibility index (Phi) is 5.97. The van der Waals surface area contributed by atoms with Gasteiger partial charge in [0, 0.05) is 12.4 Å². The Morgan fingerprint density at radius 2 is 1.18 bits per heavy atom. The fourth-order valence-corrected chi connectivity index (χ4v) is 4.80. The lowest BCUT2D eigenvalue weighted by Gasteiger charge is -2.34. The Balaban J connectivity index is 1.65. The molecule has 6 aromatic rings. The van der Waals surface area contributed by atoms with Gasteiger partial charge in [-0.2, -0.15) is 10.4 Å². The van der Waals surface area contributed by atoms with Gasteiger partial charge in [0.05, 0.1) is 11.4 Å². The number of nitriles is 1. The van der Waals surface area contributed by atoms with Gasteiger partial charge in [0.1, 0.15) is 11.5 Å². The normalized spacial score (nSPS) is 11.0. The van der Waals surface area contributed by atoms with Crippen molar-refractivity contribution in [1.29, 1.82) is 5.26 Å². The molecule has 0 unspecified atom stereocenters. The van der Waals surface area contributed by atoms with Crippen LogP contribution in [0.4, 0.5) is 5.82 Å². The molecule has 0 saturated carbocycles. The van der Waals surface area contributed by atoms with Gasteiger partial charge in [0.2, 0.25) is 0 Å². The molecule has 8 nitrogen and oxygen atoms in total. The zero-order chi connectivity index (χ0) is 26.7. The first kappa shape index (κ1) is 23.5. The molecule has 0 fully saturated rings. The van der Waals surface area contributed by atoms with E-state index in [0.717, 1.165) is 22.5 Å². The standard InChI is InChI=1S/C31H20N8/c1-33-28-19-21-39(37-28)30-17-9-15-27(35-30)31(23-10-4-2-5-11-23,24-12-6-3-7-13-24)26-14-8-16-29(34-26)38-20-18-25(22-32)36-38/h2-21H. The van der Waals surface area contributed by atoms with E-state index >= 15 is 0 Å². The van der Waals surface area contributed by atoms with Gasteiger partial charge < -0.3 is 4.85 Å². The maximum absolute atomic E-state index is 9.29. The smallest absolute Gasteiger partial charge is 0.295 e. The average molecular weight is 505 g/mol. The van der Waals surface area contributed by atoms with Crippen LogP contribution in [0.5, 0.6) is 0 Å². The van der Waals surface area contributed by atoms with E-state index in [0.29, 0.717) is 23.1 Å². The molecular weight excluding hydrogens is 484 g/mol. The maximum atomic E-state index is 9.29. The molecule has 0 aliphatic rings. The highest BCUT2D eigenvalue weighted by Crippen LogP contribution is 2.43. The summed E-state index contributed by atoms with van der Waals surface area (Å²) in [5.41, 5.74) is 2.83. The van der Waals surface area contributed by atoms with Gasteiger partial charge in [0.25, 0.3) is 5.82 Å². The number of rotatable bonds is 6. The van der Waals surface area contributed by atoms with Crippen molar-refractivity contribution in [1.82, 2.24) is 29.5 Å². The highest BCUT2D eigenvalue weighted by atomic mass is 15.3. The number of hydrogen-bond acceptors (Lipinski definition) is 5. The minimum Gasteiger partial charge on any atom is -0.359 e. The van der Waals surface area contributed by atoms with E-state index in [1.807, 2.05) is 72.8 Å². The molecule has 4 heterocycles. The molecule has 4 aromatic heterocycles. The van der Waals surface area contributed by atoms with Crippen molar-refractivity contribution in [2.75, 3.05) is 0 Å². The highest BCUT2D eigenvalue weighted by molar-refractivity contribution is 5.57. The molecule has 0 atom stereocenters. The fourth-order valence-electron chi connectivity index (χ4n) is 4.80. The second-order valence-corrected chi connectivity index (χ2v) is 8.73. The lowest BCUT2D eigenvalue weighted by molar-refractivity contribution is 0.672. The van der Waals surface area contributed by atoms with Gasteiger partial charge in [-0.25, -0.2) is 14.6 Å². The third kappa shape index (κ3) is 4.12. The van der Waals surface area contributed by atoms with Crippen molar-refractivity contribution in [3.05, 3.63) is 161 Å². The first-order valence-corrected chi connectivity index (χ1v) is 12.2. The molecule has 0 saturated heterocycles. The van der Waals surface area contributed by atoms with E-state index in [2.05, 4.69) is 45.4 Å². The second kappa shape index (κ2) is 9.89. The largest absolute Gasteiger partial charge is 0.359 e. The predicted octanol–water partition coefficient (Wildman–Crippen LogP) is 5.65. The predicted molar refractivity (Wildman–Crippen MR) is 146 cm³/mol. The van der Waals surface area contributed by atoms with Gasteiger partial charge in [-0.15, -0.1) is 4.68 Å². The van der Waals surface area contributed by atoms with E-state index < -0.39 is 5.41 Å². The van der Waals surface area contributed by atoms with Crippen LogP contribution in [0.25, 0.3) is 16.5 Å². The summed E-state index contributed by atoms with van der Waals surface area (Å²) in [6.07, 6.45) is 3.46. The van der Waals surface area contributed by atoms with E-state index in [1.54, 1.807) is 33.9 Å². The number of aromatic nitrogens is 6. The molecule has 39 heavy (non-hydrogen) atoms. The van der Waals surface area contributed by atoms with Gasteiger partial charge in [0.15, 0.2) is 17.3 Å². The monoisotopic (exact) mass is 504 g/mol. The zero-order valence-corrected chi connectivity index (χ0v) is 20.6. The van der Waals surface area contributed by atoms with Crippen LogP contribution in [0.3, 0.4) is 0 Å². The van der Waals surface area contributed by atoms with Gasteiger partial charge in [-0.3, -0.25) is 0 Å². The topological polar surface area (TPSA) is 89.6 Å². The highest BCUT2D eigenvalue weighted by Gasteiger charge is 2.41. The molecule has 2 aromatic carbocycles. The fraction of sp³-hybridized carbons (Fsp3) is 0.0323. The van der Waals surface area contributed by atoms with Crippen molar-refractivity contribution in [3.8, 4) is 17.7 Å². The zero-order valence-electron chi connectivity index (χ0n) is 20.6. The Labute approximate surface area is 224 Å². The molecule has 184 valence electrons. The summed E-state index contributed by atoms with van der Waals surface area (Å²) in [7, 11) is 0. The Morgan fingerprint density at radius 1 is 0.641 bits per heavy atom. The summed E-state index contributed by atoms with van der Waals surface area (Å²) in [6.45, 7) is 7.30. The number of nitrogens with zero attached hydrogens (tertiary/aromatic N) is 8. The lowest BCUT2D eigenvalue weighted by atomic mass is 9.69. The summed E-state index contributed by atoms with van der Waals surface area (Å²) in [5, 5.41) is 18.0. The van der Waals surface area contributed by atoms with Gasteiger partial charge >= 0.3 is 0 Å². The minimum atomic E-state index is -0.907. The maximum Gasteiger partial charge on any atom is 0.295 e. The molecule has 0 radical (unpaired) electrons. The van der Waals surface area contributed by atoms with Gasteiger partial charge in [-0.1, -0.05) is 79.4 Å². The summed E-state index contributed by atoms with van der Waals surface area (Å²) >= 11 is 0. The summed E-state index contributed by atoms with van der Waals surface area (Å²) in [6, 6.07) is 37.2. The van der Waals surface area contributed by atoms with Crippen LogP contribution < -0.4 is 0 Å². The lowest BCUT2D eigenvalue weighted by Crippen LogP contribution is -2.33. The first-order valence-electron chi connectivity index (χ1n) is 12.2. The Hall–Kier alpha value is -5.86. The van der Waals surface area contributed by atoms with Crippen LogP contribution in [0.2, 0.25) is 0 Å². The van der Waals surface area contributed by atoms with Gasteiger partial charge in [-0.05, 0) is 52.6 Å². The first-order chi connectivity index (χ1) is 19.2. The van der Waals surface area contributed by atoms with Crippen LogP contribution in [0.15, 0.2) is 122 Å². The van der Waals surface area contributed by atoms with Crippen molar-refractivity contribution in [3.63, 3.8) is 0 Å².